The van der Waals surface area contributed by atoms with Crippen LogP contribution in [-0.4, -0.2) is 6.69 Å². The van der Waals surface area contributed by atoms with Gasteiger partial charge in [-0.25, -0.2) is 0 Å². The molecule has 0 aromatic heterocycles. The second-order valence-electron chi connectivity index (χ2n) is 3.11. The molecule has 60 valence electrons. The first kappa shape index (κ1) is 10.4. The molecule has 0 aromatic carbocycles. The average molecular weight is 221 g/mol. The minimum atomic E-state index is -1.08. The predicted molar refractivity (Wildman–Crippen MR) is 55.1 cm³/mol. The highest BCUT2D eigenvalue weighted by Gasteiger charge is 2.08. The summed E-state index contributed by atoms with van der Waals surface area (Å²) < 4.78 is 0. The molecule has 0 bridgehead atoms. The number of hydrogen-bond acceptors (Lipinski definition) is 0. The van der Waals surface area contributed by atoms with Crippen LogP contribution in [0.2, 0.25) is 13.1 Å². The molecule has 0 fully saturated rings. The third kappa shape index (κ3) is 8.44. The predicted octanol–water partition coefficient (Wildman–Crippen LogP) is 3.87. The Kier molecular flexibility index (Phi) is 5.36. The van der Waals surface area contributed by atoms with Crippen LogP contribution >= 0.6 is 15.3 Å². The van der Waals surface area contributed by atoms with Gasteiger partial charge in [-0.2, -0.15) is 0 Å². The second kappa shape index (κ2) is 5.14. The maximum Gasteiger partial charge on any atom is 0.147 e. The van der Waals surface area contributed by atoms with Crippen molar-refractivity contribution in [3.8, 4) is 0 Å². The van der Waals surface area contributed by atoms with Gasteiger partial charge in [0.2, 0.25) is 0 Å². The fourth-order valence-corrected chi connectivity index (χ4v) is 1.97. The lowest BCUT2D eigenvalue weighted by Crippen LogP contribution is -2.10. The van der Waals surface area contributed by atoms with E-state index in [0.29, 0.717) is 0 Å². The standard InChI is InChI=1S/C8H17BrSi/c1-4-5-6-7-8-10(2,3)9/h7-8H,4-6H2,1-3H3/b8-7+. The Bertz CT molecular complexity index is 102. The molecule has 0 aliphatic rings. The van der Waals surface area contributed by atoms with Gasteiger partial charge in [0.05, 0.1) is 0 Å². The summed E-state index contributed by atoms with van der Waals surface area (Å²) in [5.41, 5.74) is 2.35. The fraction of sp³-hybridized carbons (Fsp3) is 0.750. The molecular formula is C8H17BrSi. The summed E-state index contributed by atoms with van der Waals surface area (Å²) in [4.78, 5) is 0. The van der Waals surface area contributed by atoms with Crippen molar-refractivity contribution >= 4 is 22.0 Å². The van der Waals surface area contributed by atoms with Crippen molar-refractivity contribution in [1.29, 1.82) is 0 Å². The Balaban J connectivity index is 3.37. The van der Waals surface area contributed by atoms with E-state index in [9.17, 15) is 0 Å². The molecule has 0 amide bonds. The number of hydrogen-bond donors (Lipinski definition) is 0. The third-order valence-corrected chi connectivity index (χ3v) is 3.06. The quantitative estimate of drug-likeness (QED) is 0.384. The molecule has 0 unspecified atom stereocenters. The molecule has 10 heavy (non-hydrogen) atoms. The van der Waals surface area contributed by atoms with E-state index in [2.05, 4.69) is 47.1 Å². The van der Waals surface area contributed by atoms with E-state index >= 15 is 0 Å². The Labute approximate surface area is 73.3 Å². The minimum absolute atomic E-state index is 1.08. The molecule has 0 aliphatic heterocycles. The first-order valence-electron chi connectivity index (χ1n) is 3.93. The van der Waals surface area contributed by atoms with E-state index < -0.39 is 6.69 Å². The van der Waals surface area contributed by atoms with E-state index in [-0.39, 0.29) is 0 Å². The first-order chi connectivity index (χ1) is 4.56. The third-order valence-electron chi connectivity index (χ3n) is 1.24. The van der Waals surface area contributed by atoms with Crippen LogP contribution in [0.1, 0.15) is 26.2 Å². The van der Waals surface area contributed by atoms with Gasteiger partial charge in [-0.3, -0.25) is 0 Å². The van der Waals surface area contributed by atoms with Gasteiger partial charge in [-0.1, -0.05) is 44.6 Å². The van der Waals surface area contributed by atoms with Gasteiger partial charge >= 0.3 is 0 Å². The normalized spacial score (nSPS) is 12.8. The maximum atomic E-state index is 3.68. The van der Waals surface area contributed by atoms with Crippen LogP contribution in [0.5, 0.6) is 0 Å². The van der Waals surface area contributed by atoms with Crippen molar-refractivity contribution in [2.75, 3.05) is 0 Å². The molecule has 0 saturated carbocycles. The molecule has 0 aromatic rings. The lowest BCUT2D eigenvalue weighted by atomic mass is 10.2. The van der Waals surface area contributed by atoms with Gasteiger partial charge in [0.15, 0.2) is 0 Å². The highest BCUT2D eigenvalue weighted by atomic mass is 79.9. The zero-order valence-electron chi connectivity index (χ0n) is 7.15. The number of unbranched alkanes of at least 4 members (excludes halogenated alkanes) is 2. The van der Waals surface area contributed by atoms with E-state index in [1.807, 2.05) is 0 Å². The van der Waals surface area contributed by atoms with Crippen LogP contribution in [-0.2, 0) is 0 Å². The van der Waals surface area contributed by atoms with Gasteiger partial charge < -0.3 is 0 Å². The summed E-state index contributed by atoms with van der Waals surface area (Å²) in [6.45, 7) is 5.73. The molecule has 0 rings (SSSR count). The van der Waals surface area contributed by atoms with E-state index in [1.54, 1.807) is 0 Å². The number of allylic oxidation sites excluding steroid dienone is 1. The van der Waals surface area contributed by atoms with Crippen molar-refractivity contribution in [1.82, 2.24) is 0 Å². The SMILES string of the molecule is CCCC/C=C/[Si](C)(C)Br. The van der Waals surface area contributed by atoms with Crippen LogP contribution in [0.15, 0.2) is 11.8 Å². The van der Waals surface area contributed by atoms with Crippen molar-refractivity contribution < 1.29 is 0 Å². The highest BCUT2D eigenvalue weighted by Crippen LogP contribution is 2.12. The summed E-state index contributed by atoms with van der Waals surface area (Å²) in [6.07, 6.45) is 6.19. The summed E-state index contributed by atoms with van der Waals surface area (Å²) in [7, 11) is 0. The van der Waals surface area contributed by atoms with Gasteiger partial charge in [0.25, 0.3) is 0 Å². The topological polar surface area (TPSA) is 0 Å². The first-order valence-corrected chi connectivity index (χ1v) is 9.26. The molecule has 0 atom stereocenters. The molecule has 0 spiro atoms. The fourth-order valence-electron chi connectivity index (χ4n) is 0.686. The maximum absolute atomic E-state index is 3.68. The van der Waals surface area contributed by atoms with Crippen LogP contribution in [0.3, 0.4) is 0 Å². The van der Waals surface area contributed by atoms with Gasteiger partial charge in [-0.05, 0) is 6.42 Å². The number of rotatable bonds is 4. The van der Waals surface area contributed by atoms with E-state index in [1.165, 1.54) is 19.3 Å². The summed E-state index contributed by atoms with van der Waals surface area (Å²) in [6, 6.07) is 0. The van der Waals surface area contributed by atoms with Gasteiger partial charge in [0.1, 0.15) is 6.69 Å². The molecule has 0 saturated heterocycles. The van der Waals surface area contributed by atoms with Crippen LogP contribution < -0.4 is 0 Å². The second-order valence-corrected chi connectivity index (χ2v) is 12.7. The lowest BCUT2D eigenvalue weighted by molar-refractivity contribution is 0.815. The van der Waals surface area contributed by atoms with Crippen LogP contribution in [0.4, 0.5) is 0 Å². The molecule has 0 nitrogen and oxygen atoms in total. The Morgan fingerprint density at radius 3 is 2.40 bits per heavy atom. The van der Waals surface area contributed by atoms with Gasteiger partial charge in [0, 0.05) is 0 Å². The average Bonchev–Trinajstić information content (AvgIpc) is 1.78. The van der Waals surface area contributed by atoms with Crippen molar-refractivity contribution in [2.45, 2.75) is 39.3 Å². The monoisotopic (exact) mass is 220 g/mol. The Morgan fingerprint density at radius 2 is 2.00 bits per heavy atom. The Morgan fingerprint density at radius 1 is 1.40 bits per heavy atom. The molecule has 0 aliphatic carbocycles. The minimum Gasteiger partial charge on any atom is -0.121 e. The van der Waals surface area contributed by atoms with Crippen molar-refractivity contribution in [2.24, 2.45) is 0 Å². The molecule has 0 heterocycles. The van der Waals surface area contributed by atoms with E-state index in [0.717, 1.165) is 0 Å². The number of halogens is 1. The highest BCUT2D eigenvalue weighted by molar-refractivity contribution is 9.26. The zero-order chi connectivity index (χ0) is 8.04. The lowest BCUT2D eigenvalue weighted by Gasteiger charge is -2.04. The smallest absolute Gasteiger partial charge is 0.121 e. The van der Waals surface area contributed by atoms with Crippen molar-refractivity contribution in [3.63, 3.8) is 0 Å². The summed E-state index contributed by atoms with van der Waals surface area (Å²) >= 11 is 3.68. The zero-order valence-corrected chi connectivity index (χ0v) is 9.74. The molecule has 0 radical (unpaired) electrons. The summed E-state index contributed by atoms with van der Waals surface area (Å²) in [5, 5.41) is 0. The van der Waals surface area contributed by atoms with Crippen molar-refractivity contribution in [3.05, 3.63) is 11.8 Å². The van der Waals surface area contributed by atoms with Crippen LogP contribution in [0.25, 0.3) is 0 Å². The Hall–Kier alpha value is 0.437. The largest absolute Gasteiger partial charge is 0.147 e. The van der Waals surface area contributed by atoms with Gasteiger partial charge in [-0.15, -0.1) is 15.3 Å². The summed E-state index contributed by atoms with van der Waals surface area (Å²) in [5.74, 6) is 0. The van der Waals surface area contributed by atoms with Crippen LogP contribution in [0, 0.1) is 0 Å². The molecule has 2 heteroatoms. The molecular weight excluding hydrogens is 204 g/mol. The van der Waals surface area contributed by atoms with E-state index in [4.69, 9.17) is 0 Å². The molecule has 0 N–H and O–H groups in total.